The topological polar surface area (TPSA) is 146 Å². The lowest BCUT2D eigenvalue weighted by molar-refractivity contribution is 0.415. The first-order valence-corrected chi connectivity index (χ1v) is 7.92. The van der Waals surface area contributed by atoms with Gasteiger partial charge in [-0.15, -0.1) is 4.40 Å². The molecule has 0 bridgehead atoms. The van der Waals surface area contributed by atoms with Crippen molar-refractivity contribution in [3.63, 3.8) is 0 Å². The predicted octanol–water partition coefficient (Wildman–Crippen LogP) is 0.975. The van der Waals surface area contributed by atoms with Crippen LogP contribution >= 0.6 is 0 Å². The van der Waals surface area contributed by atoms with Crippen molar-refractivity contribution in [2.45, 2.75) is 4.90 Å². The number of guanidine groups is 1. The highest BCUT2D eigenvalue weighted by Gasteiger charge is 2.14. The fraction of sp³-hybridized carbons (Fsp3) is 0.0714. The third-order valence-electron chi connectivity index (χ3n) is 2.92. The second kappa shape index (κ2) is 6.44. The Morgan fingerprint density at radius 3 is 2.35 bits per heavy atom. The summed E-state index contributed by atoms with van der Waals surface area (Å²) >= 11 is 0. The molecule has 0 heterocycles. The molecular formula is C14H17N5O3S. The zero-order valence-electron chi connectivity index (χ0n) is 12.4. The van der Waals surface area contributed by atoms with E-state index >= 15 is 0 Å². The molecule has 0 saturated carbocycles. The molecule has 0 atom stereocenters. The van der Waals surface area contributed by atoms with Gasteiger partial charge in [-0.25, -0.2) is 0 Å². The SMILES string of the molecule is COc1ccc(N/C(N)=N/S(=O)(=O)c2ccc(N)cc2)c(N)c1. The van der Waals surface area contributed by atoms with E-state index in [1.54, 1.807) is 18.2 Å². The number of nitrogens with zero attached hydrogens (tertiary/aromatic N) is 1. The maximum Gasteiger partial charge on any atom is 0.285 e. The van der Waals surface area contributed by atoms with Crippen LogP contribution in [0.4, 0.5) is 17.1 Å². The standard InChI is InChI=1S/C14H17N5O3S/c1-22-10-4-7-13(12(16)8-10)18-14(17)19-23(20,21)11-5-2-9(15)3-6-11/h2-8H,15-16H2,1H3,(H3,17,18,19). The molecule has 0 fully saturated rings. The Morgan fingerprint density at radius 2 is 1.78 bits per heavy atom. The van der Waals surface area contributed by atoms with Gasteiger partial charge in [0.1, 0.15) is 5.75 Å². The average molecular weight is 335 g/mol. The van der Waals surface area contributed by atoms with Crippen LogP contribution in [0.2, 0.25) is 0 Å². The van der Waals surface area contributed by atoms with Crippen LogP contribution in [-0.2, 0) is 10.0 Å². The quantitative estimate of drug-likeness (QED) is 0.370. The fourth-order valence-electron chi connectivity index (χ4n) is 1.76. The smallest absolute Gasteiger partial charge is 0.285 e. The zero-order chi connectivity index (χ0) is 17.0. The van der Waals surface area contributed by atoms with Crippen molar-refractivity contribution in [3.05, 3.63) is 42.5 Å². The third-order valence-corrected chi connectivity index (χ3v) is 4.22. The highest BCUT2D eigenvalue weighted by molar-refractivity contribution is 7.90. The van der Waals surface area contributed by atoms with Crippen LogP contribution in [-0.4, -0.2) is 21.5 Å². The number of nitrogens with two attached hydrogens (primary N) is 3. The van der Waals surface area contributed by atoms with Crippen LogP contribution in [0.25, 0.3) is 0 Å². The number of ether oxygens (including phenoxy) is 1. The second-order valence-electron chi connectivity index (χ2n) is 4.60. The van der Waals surface area contributed by atoms with E-state index < -0.39 is 10.0 Å². The van der Waals surface area contributed by atoms with E-state index in [1.807, 2.05) is 0 Å². The number of nitrogens with one attached hydrogen (secondary N) is 1. The summed E-state index contributed by atoms with van der Waals surface area (Å²) < 4.78 is 32.8. The Morgan fingerprint density at radius 1 is 1.13 bits per heavy atom. The molecule has 2 aromatic rings. The third kappa shape index (κ3) is 4.04. The number of methoxy groups -OCH3 is 1. The lowest BCUT2D eigenvalue weighted by Crippen LogP contribution is -2.24. The van der Waals surface area contributed by atoms with Crippen molar-refractivity contribution in [3.8, 4) is 5.75 Å². The summed E-state index contributed by atoms with van der Waals surface area (Å²) in [7, 11) is -2.43. The molecule has 0 aliphatic heterocycles. The van der Waals surface area contributed by atoms with Gasteiger partial charge in [-0.2, -0.15) is 8.42 Å². The molecule has 0 amide bonds. The number of benzene rings is 2. The van der Waals surface area contributed by atoms with E-state index in [0.717, 1.165) is 0 Å². The maximum atomic E-state index is 12.1. The molecular weight excluding hydrogens is 318 g/mol. The molecule has 0 saturated heterocycles. The number of rotatable bonds is 4. The van der Waals surface area contributed by atoms with Crippen LogP contribution in [0.1, 0.15) is 0 Å². The van der Waals surface area contributed by atoms with Gasteiger partial charge in [-0.1, -0.05) is 0 Å². The van der Waals surface area contributed by atoms with Gasteiger partial charge < -0.3 is 27.3 Å². The largest absolute Gasteiger partial charge is 0.497 e. The van der Waals surface area contributed by atoms with Crippen LogP contribution in [0.3, 0.4) is 0 Å². The molecule has 0 radical (unpaired) electrons. The van der Waals surface area contributed by atoms with Crippen LogP contribution in [0, 0.1) is 0 Å². The van der Waals surface area contributed by atoms with Crippen molar-refractivity contribution < 1.29 is 13.2 Å². The van der Waals surface area contributed by atoms with Gasteiger partial charge in [-0.05, 0) is 36.4 Å². The van der Waals surface area contributed by atoms with Crippen molar-refractivity contribution >= 4 is 33.0 Å². The van der Waals surface area contributed by atoms with Gasteiger partial charge in [0.05, 0.1) is 23.4 Å². The first-order valence-electron chi connectivity index (χ1n) is 6.48. The lowest BCUT2D eigenvalue weighted by Gasteiger charge is -2.10. The molecule has 2 aromatic carbocycles. The van der Waals surface area contributed by atoms with Crippen LogP contribution < -0.4 is 27.3 Å². The number of hydrogen-bond donors (Lipinski definition) is 4. The minimum Gasteiger partial charge on any atom is -0.497 e. The van der Waals surface area contributed by atoms with Gasteiger partial charge in [0, 0.05) is 11.8 Å². The van der Waals surface area contributed by atoms with Gasteiger partial charge in [0.2, 0.25) is 5.96 Å². The summed E-state index contributed by atoms with van der Waals surface area (Å²) in [5.41, 5.74) is 18.2. The van der Waals surface area contributed by atoms with E-state index in [4.69, 9.17) is 21.9 Å². The summed E-state index contributed by atoms with van der Waals surface area (Å²) in [4.78, 5) is -0.0147. The Labute approximate surface area is 134 Å². The van der Waals surface area contributed by atoms with E-state index in [9.17, 15) is 8.42 Å². The Balaban J connectivity index is 2.24. The Hall–Kier alpha value is -2.94. The number of hydrogen-bond acceptors (Lipinski definition) is 5. The Kier molecular flexibility index (Phi) is 4.60. The van der Waals surface area contributed by atoms with E-state index in [2.05, 4.69) is 9.71 Å². The Bertz CT molecular complexity index is 832. The molecule has 0 aliphatic carbocycles. The molecule has 0 unspecified atom stereocenters. The van der Waals surface area contributed by atoms with Crippen LogP contribution in [0.15, 0.2) is 51.8 Å². The summed E-state index contributed by atoms with van der Waals surface area (Å²) in [5, 5.41) is 2.64. The minimum atomic E-state index is -3.94. The minimum absolute atomic E-state index is 0.0147. The highest BCUT2D eigenvalue weighted by Crippen LogP contribution is 2.24. The van der Waals surface area contributed by atoms with Crippen molar-refractivity contribution in [1.82, 2.24) is 0 Å². The second-order valence-corrected chi connectivity index (χ2v) is 6.20. The molecule has 122 valence electrons. The van der Waals surface area contributed by atoms with Gasteiger partial charge in [0.25, 0.3) is 10.0 Å². The number of nitrogen functional groups attached to an aromatic ring is 2. The van der Waals surface area contributed by atoms with Gasteiger partial charge >= 0.3 is 0 Å². The van der Waals surface area contributed by atoms with Crippen molar-refractivity contribution in [2.75, 3.05) is 23.9 Å². The molecule has 2 rings (SSSR count). The number of anilines is 3. The normalized spacial score (nSPS) is 12.0. The maximum absolute atomic E-state index is 12.1. The predicted molar refractivity (Wildman–Crippen MR) is 90.7 cm³/mol. The van der Waals surface area contributed by atoms with Gasteiger partial charge in [-0.3, -0.25) is 0 Å². The molecule has 8 nitrogen and oxygen atoms in total. The summed E-state index contributed by atoms with van der Waals surface area (Å²) in [5.74, 6) is 0.261. The molecule has 9 heteroatoms. The van der Waals surface area contributed by atoms with Crippen molar-refractivity contribution in [1.29, 1.82) is 0 Å². The fourth-order valence-corrected chi connectivity index (χ4v) is 2.65. The molecule has 23 heavy (non-hydrogen) atoms. The monoisotopic (exact) mass is 335 g/mol. The highest BCUT2D eigenvalue weighted by atomic mass is 32.2. The van der Waals surface area contributed by atoms with E-state index in [0.29, 0.717) is 22.8 Å². The van der Waals surface area contributed by atoms with E-state index in [1.165, 1.54) is 31.4 Å². The van der Waals surface area contributed by atoms with Crippen LogP contribution in [0.5, 0.6) is 5.75 Å². The molecule has 0 aromatic heterocycles. The number of sulfonamides is 1. The van der Waals surface area contributed by atoms with E-state index in [-0.39, 0.29) is 10.9 Å². The average Bonchev–Trinajstić information content (AvgIpc) is 2.49. The zero-order valence-corrected chi connectivity index (χ0v) is 13.2. The first-order chi connectivity index (χ1) is 10.8. The van der Waals surface area contributed by atoms with Crippen molar-refractivity contribution in [2.24, 2.45) is 10.1 Å². The summed E-state index contributed by atoms with van der Waals surface area (Å²) in [6.07, 6.45) is 0. The molecule has 0 spiro atoms. The first kappa shape index (κ1) is 16.4. The van der Waals surface area contributed by atoms with Gasteiger partial charge in [0.15, 0.2) is 0 Å². The molecule has 0 aliphatic rings. The molecule has 7 N–H and O–H groups in total. The summed E-state index contributed by atoms with van der Waals surface area (Å²) in [6, 6.07) is 10.5. The summed E-state index contributed by atoms with van der Waals surface area (Å²) in [6.45, 7) is 0. The lowest BCUT2D eigenvalue weighted by atomic mass is 10.2.